The van der Waals surface area contributed by atoms with Gasteiger partial charge in [0.2, 0.25) is 0 Å². The molecule has 4 aromatic rings. The molecule has 4 aromatic carbocycles. The SMILES string of the molecule is Cc1ccc(N2C(=O)/C(=C\c3ccc([N+](=O)[O-])cc3)C(=O)N(c3cccc4ccccc34)C2=O)cc1. The molecule has 0 saturated carbocycles. The maximum atomic E-state index is 13.7. The van der Waals surface area contributed by atoms with Crippen molar-refractivity contribution in [3.05, 3.63) is 118 Å². The number of nitrogens with zero attached hydrogens (tertiary/aromatic N) is 3. The Kier molecular flexibility index (Phi) is 5.62. The van der Waals surface area contributed by atoms with Gasteiger partial charge in [-0.05, 0) is 54.3 Å². The van der Waals surface area contributed by atoms with Gasteiger partial charge in [-0.15, -0.1) is 0 Å². The number of hydrogen-bond donors (Lipinski definition) is 0. The van der Waals surface area contributed by atoms with E-state index in [1.165, 1.54) is 30.3 Å². The van der Waals surface area contributed by atoms with Gasteiger partial charge in [0.15, 0.2) is 0 Å². The highest BCUT2D eigenvalue weighted by Crippen LogP contribution is 2.34. The van der Waals surface area contributed by atoms with E-state index in [4.69, 9.17) is 0 Å². The van der Waals surface area contributed by atoms with Crippen LogP contribution in [0, 0.1) is 17.0 Å². The van der Waals surface area contributed by atoms with Crippen LogP contribution in [0.1, 0.15) is 11.1 Å². The van der Waals surface area contributed by atoms with Crippen LogP contribution in [0.3, 0.4) is 0 Å². The fourth-order valence-electron chi connectivity index (χ4n) is 4.13. The average Bonchev–Trinajstić information content (AvgIpc) is 2.88. The van der Waals surface area contributed by atoms with E-state index in [9.17, 15) is 24.5 Å². The maximum Gasteiger partial charge on any atom is 0.343 e. The summed E-state index contributed by atoms with van der Waals surface area (Å²) in [5, 5.41) is 12.5. The Hall–Kier alpha value is -5.11. The summed E-state index contributed by atoms with van der Waals surface area (Å²) >= 11 is 0. The summed E-state index contributed by atoms with van der Waals surface area (Å²) in [5.74, 6) is -1.55. The van der Waals surface area contributed by atoms with Gasteiger partial charge in [-0.25, -0.2) is 14.6 Å². The number of imide groups is 2. The molecule has 8 nitrogen and oxygen atoms in total. The van der Waals surface area contributed by atoms with Gasteiger partial charge in [0.1, 0.15) is 5.57 Å². The van der Waals surface area contributed by atoms with Crippen molar-refractivity contribution in [2.24, 2.45) is 0 Å². The highest BCUT2D eigenvalue weighted by atomic mass is 16.6. The Morgan fingerprint density at radius 3 is 2.08 bits per heavy atom. The Bertz CT molecular complexity index is 1570. The molecular weight excluding hydrogens is 458 g/mol. The lowest BCUT2D eigenvalue weighted by Crippen LogP contribution is -2.57. The second-order valence-corrected chi connectivity index (χ2v) is 8.30. The summed E-state index contributed by atoms with van der Waals surface area (Å²) in [6.45, 7) is 1.88. The first-order chi connectivity index (χ1) is 17.3. The number of fused-ring (bicyclic) bond motifs is 1. The smallest absolute Gasteiger partial charge is 0.268 e. The molecule has 0 spiro atoms. The van der Waals surface area contributed by atoms with Crippen molar-refractivity contribution >= 4 is 51.8 Å². The summed E-state index contributed by atoms with van der Waals surface area (Å²) in [6, 6.07) is 24.1. The zero-order chi connectivity index (χ0) is 25.4. The quantitative estimate of drug-likeness (QED) is 0.164. The van der Waals surface area contributed by atoms with E-state index < -0.39 is 22.8 Å². The van der Waals surface area contributed by atoms with Crippen molar-refractivity contribution in [1.29, 1.82) is 0 Å². The van der Waals surface area contributed by atoms with Crippen molar-refractivity contribution in [2.75, 3.05) is 9.80 Å². The highest BCUT2D eigenvalue weighted by Gasteiger charge is 2.44. The third-order valence-electron chi connectivity index (χ3n) is 5.96. The van der Waals surface area contributed by atoms with Crippen molar-refractivity contribution in [3.8, 4) is 0 Å². The zero-order valence-electron chi connectivity index (χ0n) is 19.1. The van der Waals surface area contributed by atoms with Crippen LogP contribution in [0.2, 0.25) is 0 Å². The van der Waals surface area contributed by atoms with Crippen LogP contribution in [0.25, 0.3) is 16.8 Å². The molecule has 4 amide bonds. The fraction of sp³-hybridized carbons (Fsp3) is 0.0357. The second kappa shape index (κ2) is 8.92. The summed E-state index contributed by atoms with van der Waals surface area (Å²) in [4.78, 5) is 53.4. The molecule has 0 aromatic heterocycles. The minimum Gasteiger partial charge on any atom is -0.268 e. The lowest BCUT2D eigenvalue weighted by molar-refractivity contribution is -0.384. The molecule has 0 N–H and O–H groups in total. The van der Waals surface area contributed by atoms with E-state index in [1.807, 2.05) is 25.1 Å². The van der Waals surface area contributed by atoms with Crippen LogP contribution < -0.4 is 9.80 Å². The third kappa shape index (κ3) is 3.90. The third-order valence-corrected chi connectivity index (χ3v) is 5.96. The van der Waals surface area contributed by atoms with E-state index >= 15 is 0 Å². The number of nitro groups is 1. The lowest BCUT2D eigenvalue weighted by Gasteiger charge is -2.34. The van der Waals surface area contributed by atoms with Crippen LogP contribution in [0.15, 0.2) is 96.6 Å². The molecule has 0 atom stereocenters. The van der Waals surface area contributed by atoms with Crippen molar-refractivity contribution in [1.82, 2.24) is 0 Å². The van der Waals surface area contributed by atoms with Gasteiger partial charge in [0.25, 0.3) is 17.5 Å². The monoisotopic (exact) mass is 477 g/mol. The molecule has 1 aliphatic heterocycles. The first kappa shape index (κ1) is 22.7. The number of urea groups is 1. The van der Waals surface area contributed by atoms with Gasteiger partial charge in [-0.2, -0.15) is 0 Å². The molecule has 0 bridgehead atoms. The van der Waals surface area contributed by atoms with Gasteiger partial charge in [-0.3, -0.25) is 19.7 Å². The summed E-state index contributed by atoms with van der Waals surface area (Å²) in [7, 11) is 0. The molecule has 36 heavy (non-hydrogen) atoms. The topological polar surface area (TPSA) is 101 Å². The number of nitro benzene ring substituents is 1. The van der Waals surface area contributed by atoms with Crippen molar-refractivity contribution < 1.29 is 19.3 Å². The van der Waals surface area contributed by atoms with Gasteiger partial charge in [0.05, 0.1) is 16.3 Å². The molecule has 8 heteroatoms. The molecule has 0 unspecified atom stereocenters. The Balaban J connectivity index is 1.68. The van der Waals surface area contributed by atoms with E-state index in [2.05, 4.69) is 0 Å². The van der Waals surface area contributed by atoms with Crippen LogP contribution in [-0.2, 0) is 9.59 Å². The van der Waals surface area contributed by atoms with Crippen molar-refractivity contribution in [2.45, 2.75) is 6.92 Å². The van der Waals surface area contributed by atoms with E-state index in [-0.39, 0.29) is 11.3 Å². The summed E-state index contributed by atoms with van der Waals surface area (Å²) in [6.07, 6.45) is 1.35. The number of carbonyl (C=O) groups is 3. The minimum absolute atomic E-state index is 0.118. The number of aryl methyl sites for hydroxylation is 1. The highest BCUT2D eigenvalue weighted by molar-refractivity contribution is 6.46. The van der Waals surface area contributed by atoms with Crippen LogP contribution in [-0.4, -0.2) is 22.8 Å². The number of anilines is 2. The van der Waals surface area contributed by atoms with E-state index in [0.29, 0.717) is 22.3 Å². The number of rotatable bonds is 4. The molecular formula is C28H19N3O5. The summed E-state index contributed by atoms with van der Waals surface area (Å²) in [5.41, 5.74) is 1.67. The number of non-ortho nitro benzene ring substituents is 1. The normalized spacial score (nSPS) is 15.1. The van der Waals surface area contributed by atoms with Gasteiger partial charge in [-0.1, -0.05) is 54.1 Å². The standard InChI is InChI=1S/C28H19N3O5/c1-18-9-13-21(14-10-18)29-26(32)24(17-19-11-15-22(16-12-19)31(35)36)27(33)30(28(29)34)25-8-4-6-20-5-2-3-7-23(20)25/h2-17H,1H3/b24-17+. The van der Waals surface area contributed by atoms with Crippen LogP contribution >= 0.6 is 0 Å². The number of amides is 4. The lowest BCUT2D eigenvalue weighted by atomic mass is 10.0. The minimum atomic E-state index is -0.786. The molecule has 176 valence electrons. The molecule has 1 saturated heterocycles. The zero-order valence-corrected chi connectivity index (χ0v) is 19.1. The first-order valence-corrected chi connectivity index (χ1v) is 11.1. The molecule has 1 aliphatic rings. The Morgan fingerprint density at radius 2 is 1.39 bits per heavy atom. The van der Waals surface area contributed by atoms with Gasteiger partial charge >= 0.3 is 6.03 Å². The molecule has 0 radical (unpaired) electrons. The second-order valence-electron chi connectivity index (χ2n) is 8.30. The predicted molar refractivity (Wildman–Crippen MR) is 137 cm³/mol. The molecule has 1 fully saturated rings. The maximum absolute atomic E-state index is 13.7. The van der Waals surface area contributed by atoms with Crippen LogP contribution in [0.5, 0.6) is 0 Å². The molecule has 5 rings (SSSR count). The average molecular weight is 477 g/mol. The largest absolute Gasteiger partial charge is 0.343 e. The van der Waals surface area contributed by atoms with Crippen molar-refractivity contribution in [3.63, 3.8) is 0 Å². The van der Waals surface area contributed by atoms with E-state index in [0.717, 1.165) is 20.7 Å². The Morgan fingerprint density at radius 1 is 0.750 bits per heavy atom. The summed E-state index contributed by atoms with van der Waals surface area (Å²) < 4.78 is 0. The van der Waals surface area contributed by atoms with Crippen LogP contribution in [0.4, 0.5) is 21.9 Å². The number of hydrogen-bond acceptors (Lipinski definition) is 5. The first-order valence-electron chi connectivity index (χ1n) is 11.1. The van der Waals surface area contributed by atoms with E-state index in [1.54, 1.807) is 48.5 Å². The van der Waals surface area contributed by atoms with Gasteiger partial charge < -0.3 is 0 Å². The molecule has 1 heterocycles. The molecule has 0 aliphatic carbocycles. The number of benzene rings is 4. The van der Waals surface area contributed by atoms with Gasteiger partial charge in [0, 0.05) is 17.5 Å². The fourth-order valence-corrected chi connectivity index (χ4v) is 4.13. The predicted octanol–water partition coefficient (Wildman–Crippen LogP) is 5.64. The number of barbiturate groups is 1. The Labute approximate surface area is 205 Å². The number of carbonyl (C=O) groups excluding carboxylic acids is 3.